The lowest BCUT2D eigenvalue weighted by Crippen LogP contribution is -2.35. The maximum atomic E-state index is 12.5. The minimum atomic E-state index is 0.0209. The van der Waals surface area contributed by atoms with Gasteiger partial charge >= 0.3 is 0 Å². The predicted octanol–water partition coefficient (Wildman–Crippen LogP) is 2.85. The molecule has 2 fully saturated rings. The van der Waals surface area contributed by atoms with Crippen molar-refractivity contribution in [3.05, 3.63) is 54.0 Å². The van der Waals surface area contributed by atoms with E-state index < -0.39 is 0 Å². The molecule has 2 aromatic rings. The van der Waals surface area contributed by atoms with E-state index in [1.165, 1.54) is 0 Å². The third-order valence-electron chi connectivity index (χ3n) is 4.81. The van der Waals surface area contributed by atoms with Crippen LogP contribution in [0.4, 0.5) is 5.69 Å². The van der Waals surface area contributed by atoms with Gasteiger partial charge in [-0.05, 0) is 30.2 Å². The summed E-state index contributed by atoms with van der Waals surface area (Å²) < 4.78 is 10.8. The zero-order valence-electron chi connectivity index (χ0n) is 13.6. The highest BCUT2D eigenvalue weighted by molar-refractivity contribution is 5.95. The van der Waals surface area contributed by atoms with Crippen molar-refractivity contribution in [2.75, 3.05) is 31.6 Å². The SMILES string of the molecule is O=C(Nc1ccccc1CN1CCOCC1)[C@H]1C[C@H]1c1ccco1. The molecule has 24 heavy (non-hydrogen) atoms. The highest BCUT2D eigenvalue weighted by Crippen LogP contribution is 2.48. The van der Waals surface area contributed by atoms with Gasteiger partial charge in [0.2, 0.25) is 5.91 Å². The van der Waals surface area contributed by atoms with Crippen LogP contribution in [-0.4, -0.2) is 37.1 Å². The van der Waals surface area contributed by atoms with Crippen LogP contribution in [0.25, 0.3) is 0 Å². The molecule has 1 aliphatic heterocycles. The van der Waals surface area contributed by atoms with E-state index in [-0.39, 0.29) is 17.7 Å². The molecule has 5 heteroatoms. The van der Waals surface area contributed by atoms with Crippen LogP contribution in [0, 0.1) is 5.92 Å². The number of nitrogens with zero attached hydrogens (tertiary/aromatic N) is 1. The average Bonchev–Trinajstić information content (AvgIpc) is 3.23. The second-order valence-corrected chi connectivity index (χ2v) is 6.50. The summed E-state index contributed by atoms with van der Waals surface area (Å²) >= 11 is 0. The Morgan fingerprint density at radius 1 is 1.17 bits per heavy atom. The van der Waals surface area contributed by atoms with E-state index in [4.69, 9.17) is 9.15 Å². The van der Waals surface area contributed by atoms with Crippen LogP contribution in [0.3, 0.4) is 0 Å². The quantitative estimate of drug-likeness (QED) is 0.918. The van der Waals surface area contributed by atoms with E-state index >= 15 is 0 Å². The Hall–Kier alpha value is -2.11. The Labute approximate surface area is 141 Å². The molecule has 2 atom stereocenters. The first kappa shape index (κ1) is 15.4. The zero-order valence-corrected chi connectivity index (χ0v) is 13.6. The molecule has 1 saturated heterocycles. The Morgan fingerprint density at radius 3 is 2.79 bits per heavy atom. The number of furan rings is 1. The van der Waals surface area contributed by atoms with Crippen LogP contribution in [-0.2, 0) is 16.1 Å². The first-order valence-electron chi connectivity index (χ1n) is 8.53. The van der Waals surface area contributed by atoms with Crippen molar-refractivity contribution in [2.45, 2.75) is 18.9 Å². The van der Waals surface area contributed by atoms with Crippen molar-refractivity contribution in [2.24, 2.45) is 5.92 Å². The summed E-state index contributed by atoms with van der Waals surface area (Å²) in [5.74, 6) is 1.25. The number of para-hydroxylation sites is 1. The molecule has 126 valence electrons. The highest BCUT2D eigenvalue weighted by Gasteiger charge is 2.45. The van der Waals surface area contributed by atoms with Crippen molar-refractivity contribution >= 4 is 11.6 Å². The lowest BCUT2D eigenvalue weighted by Gasteiger charge is -2.27. The van der Waals surface area contributed by atoms with Crippen LogP contribution in [0.1, 0.15) is 23.7 Å². The molecule has 0 unspecified atom stereocenters. The van der Waals surface area contributed by atoms with Crippen molar-refractivity contribution in [3.8, 4) is 0 Å². The molecule has 2 heterocycles. The summed E-state index contributed by atoms with van der Waals surface area (Å²) in [6.45, 7) is 4.27. The molecule has 1 aromatic heterocycles. The summed E-state index contributed by atoms with van der Waals surface area (Å²) in [6, 6.07) is 11.9. The van der Waals surface area contributed by atoms with Crippen molar-refractivity contribution in [3.63, 3.8) is 0 Å². The largest absolute Gasteiger partial charge is 0.469 e. The zero-order chi connectivity index (χ0) is 16.4. The van der Waals surface area contributed by atoms with E-state index in [9.17, 15) is 4.79 Å². The summed E-state index contributed by atoms with van der Waals surface area (Å²) in [6.07, 6.45) is 2.53. The number of amides is 1. The van der Waals surface area contributed by atoms with Crippen LogP contribution in [0.15, 0.2) is 47.1 Å². The number of ether oxygens (including phenoxy) is 1. The summed E-state index contributed by atoms with van der Waals surface area (Å²) in [4.78, 5) is 14.9. The second kappa shape index (κ2) is 6.79. The number of morpholine rings is 1. The van der Waals surface area contributed by atoms with Gasteiger partial charge in [-0.1, -0.05) is 18.2 Å². The Bertz CT molecular complexity index is 692. The van der Waals surface area contributed by atoms with Gasteiger partial charge in [0.25, 0.3) is 0 Å². The molecule has 5 nitrogen and oxygen atoms in total. The van der Waals surface area contributed by atoms with E-state index in [1.807, 2.05) is 30.3 Å². The van der Waals surface area contributed by atoms with Crippen LogP contribution < -0.4 is 5.32 Å². The average molecular weight is 326 g/mol. The summed E-state index contributed by atoms with van der Waals surface area (Å²) in [5, 5.41) is 3.12. The lowest BCUT2D eigenvalue weighted by molar-refractivity contribution is -0.117. The van der Waals surface area contributed by atoms with Gasteiger partial charge in [-0.15, -0.1) is 0 Å². The number of carbonyl (C=O) groups is 1. The Morgan fingerprint density at radius 2 is 2.00 bits per heavy atom. The number of hydrogen-bond acceptors (Lipinski definition) is 4. The molecule has 0 radical (unpaired) electrons. The van der Waals surface area contributed by atoms with Crippen molar-refractivity contribution in [1.82, 2.24) is 4.90 Å². The molecule has 1 aliphatic carbocycles. The maximum absolute atomic E-state index is 12.5. The first-order chi connectivity index (χ1) is 11.8. The number of anilines is 1. The molecule has 4 rings (SSSR count). The third kappa shape index (κ3) is 3.37. The Kier molecular flexibility index (Phi) is 4.36. The summed E-state index contributed by atoms with van der Waals surface area (Å²) in [7, 11) is 0. The van der Waals surface area contributed by atoms with Crippen molar-refractivity contribution < 1.29 is 13.9 Å². The molecular formula is C19H22N2O3. The number of nitrogens with one attached hydrogen (secondary N) is 1. The monoisotopic (exact) mass is 326 g/mol. The molecule has 2 aliphatic rings. The van der Waals surface area contributed by atoms with E-state index in [0.717, 1.165) is 56.3 Å². The Balaban J connectivity index is 1.40. The topological polar surface area (TPSA) is 54.7 Å². The number of hydrogen-bond donors (Lipinski definition) is 1. The van der Waals surface area contributed by atoms with Crippen molar-refractivity contribution in [1.29, 1.82) is 0 Å². The fourth-order valence-electron chi connectivity index (χ4n) is 3.31. The van der Waals surface area contributed by atoms with E-state index in [1.54, 1.807) is 6.26 Å². The molecule has 0 spiro atoms. The second-order valence-electron chi connectivity index (χ2n) is 6.50. The predicted molar refractivity (Wildman–Crippen MR) is 90.7 cm³/mol. The minimum Gasteiger partial charge on any atom is -0.469 e. The van der Waals surface area contributed by atoms with Crippen LogP contribution in [0.5, 0.6) is 0 Å². The number of carbonyl (C=O) groups excluding carboxylic acids is 1. The molecule has 1 amide bonds. The number of benzene rings is 1. The normalized spacial score (nSPS) is 23.8. The van der Waals surface area contributed by atoms with Crippen LogP contribution in [0.2, 0.25) is 0 Å². The standard InChI is InChI=1S/C19H22N2O3/c22-19(16-12-15(16)18-6-3-9-24-18)20-17-5-2-1-4-14(17)13-21-7-10-23-11-8-21/h1-6,9,15-16H,7-8,10-13H2,(H,20,22)/t15-,16+/m1/s1. The smallest absolute Gasteiger partial charge is 0.228 e. The lowest BCUT2D eigenvalue weighted by atomic mass is 10.1. The first-order valence-corrected chi connectivity index (χ1v) is 8.53. The fourth-order valence-corrected chi connectivity index (χ4v) is 3.31. The van der Waals surface area contributed by atoms with Gasteiger partial charge in [-0.3, -0.25) is 9.69 Å². The molecule has 1 N–H and O–H groups in total. The van der Waals surface area contributed by atoms with Crippen LogP contribution >= 0.6 is 0 Å². The summed E-state index contributed by atoms with van der Waals surface area (Å²) in [5.41, 5.74) is 2.07. The molecule has 1 saturated carbocycles. The molecular weight excluding hydrogens is 304 g/mol. The van der Waals surface area contributed by atoms with Gasteiger partial charge in [0, 0.05) is 37.2 Å². The number of rotatable bonds is 5. The van der Waals surface area contributed by atoms with E-state index in [0.29, 0.717) is 0 Å². The van der Waals surface area contributed by atoms with Gasteiger partial charge < -0.3 is 14.5 Å². The van der Waals surface area contributed by atoms with Gasteiger partial charge in [-0.2, -0.15) is 0 Å². The fraction of sp³-hybridized carbons (Fsp3) is 0.421. The van der Waals surface area contributed by atoms with Gasteiger partial charge in [-0.25, -0.2) is 0 Å². The van der Waals surface area contributed by atoms with Gasteiger partial charge in [0.05, 0.1) is 19.5 Å². The minimum absolute atomic E-state index is 0.0209. The van der Waals surface area contributed by atoms with Gasteiger partial charge in [0.15, 0.2) is 0 Å². The van der Waals surface area contributed by atoms with E-state index in [2.05, 4.69) is 16.3 Å². The third-order valence-corrected chi connectivity index (χ3v) is 4.81. The highest BCUT2D eigenvalue weighted by atomic mass is 16.5. The molecule has 0 bridgehead atoms. The van der Waals surface area contributed by atoms with Gasteiger partial charge in [0.1, 0.15) is 5.76 Å². The molecule has 1 aromatic carbocycles. The maximum Gasteiger partial charge on any atom is 0.228 e.